The van der Waals surface area contributed by atoms with E-state index in [1.807, 2.05) is 31.2 Å². The standard InChI is InChI=1S/C21H15Cl4NO/c1-13-2-7-17(10-18(13)23)26-11-15-8-19(24)21(20(25)9-15)27-12-14-3-5-16(22)6-4-14/h2-11H,12H2,1H3. The van der Waals surface area contributed by atoms with Crippen LogP contribution in [-0.4, -0.2) is 6.21 Å². The molecule has 3 aromatic rings. The molecular formula is C21H15Cl4NO. The summed E-state index contributed by atoms with van der Waals surface area (Å²) in [6.07, 6.45) is 1.68. The second kappa shape index (κ2) is 8.99. The minimum Gasteiger partial charge on any atom is -0.486 e. The first-order valence-corrected chi connectivity index (χ1v) is 9.60. The Kier molecular flexibility index (Phi) is 6.67. The predicted molar refractivity (Wildman–Crippen MR) is 116 cm³/mol. The molecule has 0 fully saturated rings. The molecule has 0 aromatic heterocycles. The maximum atomic E-state index is 6.34. The van der Waals surface area contributed by atoms with E-state index < -0.39 is 0 Å². The zero-order chi connectivity index (χ0) is 19.4. The number of benzene rings is 3. The summed E-state index contributed by atoms with van der Waals surface area (Å²) in [5.74, 6) is 0.434. The number of rotatable bonds is 5. The van der Waals surface area contributed by atoms with Gasteiger partial charge in [0, 0.05) is 16.3 Å². The lowest BCUT2D eigenvalue weighted by molar-refractivity contribution is 0.306. The second-order valence-corrected chi connectivity index (χ2v) is 7.58. The van der Waals surface area contributed by atoms with E-state index in [4.69, 9.17) is 51.1 Å². The van der Waals surface area contributed by atoms with Gasteiger partial charge in [0.05, 0.1) is 15.7 Å². The van der Waals surface area contributed by atoms with E-state index in [2.05, 4.69) is 4.99 Å². The molecule has 0 aliphatic rings. The lowest BCUT2D eigenvalue weighted by Crippen LogP contribution is -1.97. The van der Waals surface area contributed by atoms with Gasteiger partial charge in [0.1, 0.15) is 6.61 Å². The first-order valence-electron chi connectivity index (χ1n) is 8.09. The van der Waals surface area contributed by atoms with Crippen molar-refractivity contribution in [2.45, 2.75) is 13.5 Å². The highest BCUT2D eigenvalue weighted by molar-refractivity contribution is 6.37. The fraction of sp³-hybridized carbons (Fsp3) is 0.0952. The summed E-state index contributed by atoms with van der Waals surface area (Å²) < 4.78 is 5.77. The molecule has 0 N–H and O–H groups in total. The average molecular weight is 439 g/mol. The van der Waals surface area contributed by atoms with Gasteiger partial charge in [-0.1, -0.05) is 64.6 Å². The van der Waals surface area contributed by atoms with E-state index in [0.29, 0.717) is 32.4 Å². The number of halogens is 4. The van der Waals surface area contributed by atoms with Crippen LogP contribution in [0.3, 0.4) is 0 Å². The van der Waals surface area contributed by atoms with E-state index in [1.54, 1.807) is 36.5 Å². The van der Waals surface area contributed by atoms with E-state index in [9.17, 15) is 0 Å². The van der Waals surface area contributed by atoms with Crippen molar-refractivity contribution in [1.82, 2.24) is 0 Å². The molecule has 0 atom stereocenters. The number of aliphatic imine (C=N–C) groups is 1. The second-order valence-electron chi connectivity index (χ2n) is 5.92. The maximum absolute atomic E-state index is 6.34. The topological polar surface area (TPSA) is 21.6 Å². The van der Waals surface area contributed by atoms with Gasteiger partial charge in [-0.15, -0.1) is 0 Å². The molecule has 0 amide bonds. The Bertz CT molecular complexity index is 961. The molecule has 0 aliphatic heterocycles. The van der Waals surface area contributed by atoms with Crippen LogP contribution >= 0.6 is 46.4 Å². The van der Waals surface area contributed by atoms with Crippen LogP contribution in [0.4, 0.5) is 5.69 Å². The molecule has 0 spiro atoms. The molecule has 138 valence electrons. The van der Waals surface area contributed by atoms with Gasteiger partial charge in [-0.3, -0.25) is 4.99 Å². The summed E-state index contributed by atoms with van der Waals surface area (Å²) in [6, 6.07) is 16.5. The highest BCUT2D eigenvalue weighted by atomic mass is 35.5. The maximum Gasteiger partial charge on any atom is 0.157 e. The van der Waals surface area contributed by atoms with Crippen LogP contribution < -0.4 is 4.74 Å². The van der Waals surface area contributed by atoms with Crippen molar-refractivity contribution in [3.05, 3.63) is 91.4 Å². The third kappa shape index (κ3) is 5.40. The van der Waals surface area contributed by atoms with Crippen molar-refractivity contribution >= 4 is 58.3 Å². The highest BCUT2D eigenvalue weighted by Gasteiger charge is 2.10. The Morgan fingerprint density at radius 1 is 0.852 bits per heavy atom. The molecule has 2 nitrogen and oxygen atoms in total. The summed E-state index contributed by atoms with van der Waals surface area (Å²) >= 11 is 24.7. The first-order chi connectivity index (χ1) is 12.9. The lowest BCUT2D eigenvalue weighted by atomic mass is 10.2. The van der Waals surface area contributed by atoms with Crippen molar-refractivity contribution in [1.29, 1.82) is 0 Å². The lowest BCUT2D eigenvalue weighted by Gasteiger charge is -2.11. The van der Waals surface area contributed by atoms with Gasteiger partial charge in [0.25, 0.3) is 0 Å². The van der Waals surface area contributed by atoms with Gasteiger partial charge in [-0.25, -0.2) is 0 Å². The number of hydrogen-bond donors (Lipinski definition) is 0. The number of aryl methyl sites for hydroxylation is 1. The van der Waals surface area contributed by atoms with Crippen LogP contribution in [0.5, 0.6) is 5.75 Å². The van der Waals surface area contributed by atoms with Crippen LogP contribution in [-0.2, 0) is 6.61 Å². The Balaban J connectivity index is 1.74. The van der Waals surface area contributed by atoms with Gasteiger partial charge >= 0.3 is 0 Å². The van der Waals surface area contributed by atoms with Crippen LogP contribution in [0.2, 0.25) is 20.1 Å². The smallest absolute Gasteiger partial charge is 0.157 e. The van der Waals surface area contributed by atoms with Gasteiger partial charge < -0.3 is 4.74 Å². The predicted octanol–water partition coefficient (Wildman–Crippen LogP) is 7.94. The summed E-state index contributed by atoms with van der Waals surface area (Å²) in [4.78, 5) is 4.41. The SMILES string of the molecule is Cc1ccc(N=Cc2cc(Cl)c(OCc3ccc(Cl)cc3)c(Cl)c2)cc1Cl. The van der Waals surface area contributed by atoms with Crippen LogP contribution in [0.1, 0.15) is 16.7 Å². The number of nitrogens with zero attached hydrogens (tertiary/aromatic N) is 1. The molecule has 0 unspecified atom stereocenters. The number of hydrogen-bond acceptors (Lipinski definition) is 2. The zero-order valence-corrected chi connectivity index (χ0v) is 17.4. The molecular weight excluding hydrogens is 424 g/mol. The van der Waals surface area contributed by atoms with Gasteiger partial charge in [-0.05, 0) is 60.0 Å². The molecule has 0 saturated carbocycles. The summed E-state index contributed by atoms with van der Waals surface area (Å²) in [5.41, 5.74) is 3.48. The minimum absolute atomic E-state index is 0.339. The van der Waals surface area contributed by atoms with Crippen molar-refractivity contribution in [2.24, 2.45) is 4.99 Å². The van der Waals surface area contributed by atoms with Crippen LogP contribution in [0.15, 0.2) is 59.6 Å². The normalized spacial score (nSPS) is 11.1. The Labute approximate surface area is 178 Å². The highest BCUT2D eigenvalue weighted by Crippen LogP contribution is 2.34. The molecule has 27 heavy (non-hydrogen) atoms. The summed E-state index contributed by atoms with van der Waals surface area (Å²) in [6.45, 7) is 2.28. The summed E-state index contributed by atoms with van der Waals surface area (Å²) in [7, 11) is 0. The summed E-state index contributed by atoms with van der Waals surface area (Å²) in [5, 5.41) is 2.18. The van der Waals surface area contributed by atoms with Crippen molar-refractivity contribution in [3.63, 3.8) is 0 Å². The third-order valence-corrected chi connectivity index (χ3v) is 5.06. The van der Waals surface area contributed by atoms with Crippen molar-refractivity contribution in [3.8, 4) is 5.75 Å². The van der Waals surface area contributed by atoms with Gasteiger partial charge in [0.15, 0.2) is 5.75 Å². The van der Waals surface area contributed by atoms with Gasteiger partial charge in [0.2, 0.25) is 0 Å². The van der Waals surface area contributed by atoms with E-state index >= 15 is 0 Å². The molecule has 0 radical (unpaired) electrons. The Morgan fingerprint density at radius 3 is 2.15 bits per heavy atom. The van der Waals surface area contributed by atoms with Crippen molar-refractivity contribution < 1.29 is 4.74 Å². The molecule has 3 aromatic carbocycles. The van der Waals surface area contributed by atoms with E-state index in [-0.39, 0.29) is 0 Å². The average Bonchev–Trinajstić information content (AvgIpc) is 2.63. The molecule has 0 saturated heterocycles. The minimum atomic E-state index is 0.339. The van der Waals surface area contributed by atoms with Crippen LogP contribution in [0.25, 0.3) is 0 Å². The first kappa shape index (κ1) is 20.0. The fourth-order valence-corrected chi connectivity index (χ4v) is 3.25. The fourth-order valence-electron chi connectivity index (χ4n) is 2.34. The van der Waals surface area contributed by atoms with Crippen molar-refractivity contribution in [2.75, 3.05) is 0 Å². The molecule has 3 rings (SSSR count). The van der Waals surface area contributed by atoms with E-state index in [1.165, 1.54) is 0 Å². The van der Waals surface area contributed by atoms with Crippen LogP contribution in [0, 0.1) is 6.92 Å². The number of ether oxygens (including phenoxy) is 1. The quantitative estimate of drug-likeness (QED) is 0.370. The Hall–Kier alpha value is -1.71. The molecule has 0 heterocycles. The van der Waals surface area contributed by atoms with Gasteiger partial charge in [-0.2, -0.15) is 0 Å². The Morgan fingerprint density at radius 2 is 1.52 bits per heavy atom. The zero-order valence-electron chi connectivity index (χ0n) is 14.3. The molecule has 0 aliphatic carbocycles. The monoisotopic (exact) mass is 437 g/mol. The third-order valence-electron chi connectivity index (χ3n) is 3.84. The molecule has 6 heteroatoms. The largest absolute Gasteiger partial charge is 0.486 e. The van der Waals surface area contributed by atoms with E-state index in [0.717, 1.165) is 22.4 Å². The molecule has 0 bridgehead atoms.